The van der Waals surface area contributed by atoms with Gasteiger partial charge in [-0.2, -0.15) is 21.0 Å². The Morgan fingerprint density at radius 1 is 1.38 bits per heavy atom. The van der Waals surface area contributed by atoms with Crippen molar-refractivity contribution in [3.05, 3.63) is 24.3 Å². The first kappa shape index (κ1) is 16.6. The standard InChI is InChI=1S/C8H9NO4S2.K.H/c10-8(5-14)9-6-1-3-7(4-2-6)15(11,12)13;;/h1-4,14H,5H2,(H,9,10)(H,11,12,13);;/q;+1;-1. The number of thiol groups is 1. The Bertz CT molecular complexity index is 463. The topological polar surface area (TPSA) is 83.5 Å². The molecule has 0 aromatic heterocycles. The van der Waals surface area contributed by atoms with Crippen LogP contribution in [-0.2, 0) is 14.9 Å². The van der Waals surface area contributed by atoms with E-state index in [1.54, 1.807) is 0 Å². The van der Waals surface area contributed by atoms with Crippen molar-refractivity contribution in [2.45, 2.75) is 4.90 Å². The summed E-state index contributed by atoms with van der Waals surface area (Å²) in [7, 11) is -4.18. The summed E-state index contributed by atoms with van der Waals surface area (Å²) in [4.78, 5) is 10.7. The van der Waals surface area contributed by atoms with Crippen molar-refractivity contribution in [2.75, 3.05) is 11.1 Å². The molecule has 0 aliphatic heterocycles. The molecule has 8 heteroatoms. The molecular weight excluding hydrogens is 277 g/mol. The molecule has 0 saturated carbocycles. The molecule has 0 saturated heterocycles. The smallest absolute Gasteiger partial charge is 1.00 e. The molecular formula is C8H10KNO4S2. The van der Waals surface area contributed by atoms with E-state index in [1.165, 1.54) is 24.3 Å². The maximum atomic E-state index is 10.9. The van der Waals surface area contributed by atoms with Crippen LogP contribution in [0.15, 0.2) is 29.2 Å². The minimum absolute atomic E-state index is 0. The van der Waals surface area contributed by atoms with Gasteiger partial charge in [0, 0.05) is 5.69 Å². The third-order valence-corrected chi connectivity index (χ3v) is 2.73. The number of amides is 1. The molecule has 1 aromatic carbocycles. The predicted molar refractivity (Wildman–Crippen MR) is 59.9 cm³/mol. The van der Waals surface area contributed by atoms with Crippen LogP contribution in [-0.4, -0.2) is 24.6 Å². The predicted octanol–water partition coefficient (Wildman–Crippen LogP) is -2.08. The van der Waals surface area contributed by atoms with Crippen molar-refractivity contribution in [3.63, 3.8) is 0 Å². The molecule has 0 aliphatic rings. The average Bonchev–Trinajstić information content (AvgIpc) is 2.17. The van der Waals surface area contributed by atoms with Gasteiger partial charge in [0.2, 0.25) is 5.91 Å². The van der Waals surface area contributed by atoms with Gasteiger partial charge in [-0.05, 0) is 24.3 Å². The van der Waals surface area contributed by atoms with Crippen LogP contribution in [0.25, 0.3) is 0 Å². The van der Waals surface area contributed by atoms with Crippen LogP contribution in [0.1, 0.15) is 1.43 Å². The zero-order chi connectivity index (χ0) is 11.5. The largest absolute Gasteiger partial charge is 1.00 e. The first-order chi connectivity index (χ1) is 6.93. The first-order valence-electron chi connectivity index (χ1n) is 3.92. The fourth-order valence-corrected chi connectivity index (χ4v) is 1.47. The Hall–Kier alpha value is 0.586. The van der Waals surface area contributed by atoms with E-state index >= 15 is 0 Å². The van der Waals surface area contributed by atoms with Gasteiger partial charge in [0.15, 0.2) is 0 Å². The van der Waals surface area contributed by atoms with E-state index in [4.69, 9.17) is 4.55 Å². The second-order valence-corrected chi connectivity index (χ2v) is 4.44. The maximum Gasteiger partial charge on any atom is 1.00 e. The van der Waals surface area contributed by atoms with E-state index in [-0.39, 0.29) is 69.4 Å². The minimum atomic E-state index is -4.18. The van der Waals surface area contributed by atoms with E-state index in [0.29, 0.717) is 5.69 Å². The van der Waals surface area contributed by atoms with Crippen LogP contribution in [0.3, 0.4) is 0 Å². The Morgan fingerprint density at radius 2 is 1.88 bits per heavy atom. The second-order valence-electron chi connectivity index (χ2n) is 2.71. The molecule has 2 N–H and O–H groups in total. The summed E-state index contributed by atoms with van der Waals surface area (Å²) in [5.41, 5.74) is 0.446. The fraction of sp³-hybridized carbons (Fsp3) is 0.125. The number of hydrogen-bond donors (Lipinski definition) is 3. The summed E-state index contributed by atoms with van der Waals surface area (Å²) < 4.78 is 30.0. The molecule has 0 fully saturated rings. The van der Waals surface area contributed by atoms with Gasteiger partial charge < -0.3 is 6.74 Å². The molecule has 0 radical (unpaired) electrons. The summed E-state index contributed by atoms with van der Waals surface area (Å²) in [5.74, 6) is -0.252. The maximum absolute atomic E-state index is 10.9. The summed E-state index contributed by atoms with van der Waals surface area (Å²) in [6.07, 6.45) is 0. The molecule has 5 nitrogen and oxygen atoms in total. The number of hydrogen-bond acceptors (Lipinski definition) is 4. The molecule has 1 aromatic rings. The van der Waals surface area contributed by atoms with Crippen molar-refractivity contribution in [1.82, 2.24) is 0 Å². The Labute approximate surface area is 143 Å². The van der Waals surface area contributed by atoms with E-state index in [0.717, 1.165) is 0 Å². The second kappa shape index (κ2) is 7.12. The van der Waals surface area contributed by atoms with Crippen LogP contribution >= 0.6 is 12.6 Å². The van der Waals surface area contributed by atoms with Gasteiger partial charge in [-0.1, -0.05) is 0 Å². The number of carbonyl (C=O) groups excluding carboxylic acids is 1. The van der Waals surface area contributed by atoms with Crippen LogP contribution in [0.2, 0.25) is 0 Å². The summed E-state index contributed by atoms with van der Waals surface area (Å²) in [6.45, 7) is 0. The van der Waals surface area contributed by atoms with E-state index in [1.807, 2.05) is 0 Å². The molecule has 84 valence electrons. The van der Waals surface area contributed by atoms with Gasteiger partial charge in [0.05, 0.1) is 10.6 Å². The molecule has 1 rings (SSSR count). The molecule has 0 bridgehead atoms. The van der Waals surface area contributed by atoms with Gasteiger partial charge in [0.25, 0.3) is 10.1 Å². The number of carbonyl (C=O) groups is 1. The first-order valence-corrected chi connectivity index (χ1v) is 5.99. The minimum Gasteiger partial charge on any atom is -1.00 e. The zero-order valence-electron chi connectivity index (χ0n) is 9.54. The van der Waals surface area contributed by atoms with E-state index < -0.39 is 10.1 Å². The number of benzene rings is 1. The average molecular weight is 287 g/mol. The Morgan fingerprint density at radius 3 is 2.25 bits per heavy atom. The monoisotopic (exact) mass is 287 g/mol. The normalized spacial score (nSPS) is 10.4. The molecule has 1 amide bonds. The summed E-state index contributed by atoms with van der Waals surface area (Å²) in [5, 5.41) is 2.48. The van der Waals surface area contributed by atoms with Crippen LogP contribution in [0.5, 0.6) is 0 Å². The molecule has 0 atom stereocenters. The number of nitrogens with one attached hydrogen (secondary N) is 1. The molecule has 0 spiro atoms. The van der Waals surface area contributed by atoms with Gasteiger partial charge in [-0.25, -0.2) is 0 Å². The third kappa shape index (κ3) is 5.28. The van der Waals surface area contributed by atoms with Gasteiger partial charge in [-0.15, -0.1) is 0 Å². The van der Waals surface area contributed by atoms with E-state index in [9.17, 15) is 13.2 Å². The molecule has 0 heterocycles. The van der Waals surface area contributed by atoms with Crippen molar-refractivity contribution in [2.24, 2.45) is 0 Å². The third-order valence-electron chi connectivity index (χ3n) is 1.58. The Kier molecular flexibility index (Phi) is 7.38. The molecule has 0 aliphatic carbocycles. The number of anilines is 1. The Balaban J connectivity index is 0. The van der Waals surface area contributed by atoms with Crippen LogP contribution in [0, 0.1) is 0 Å². The quantitative estimate of drug-likeness (QED) is 0.338. The van der Waals surface area contributed by atoms with Gasteiger partial charge in [-0.3, -0.25) is 9.35 Å². The van der Waals surface area contributed by atoms with Crippen LogP contribution < -0.4 is 56.7 Å². The summed E-state index contributed by atoms with van der Waals surface area (Å²) >= 11 is 3.76. The fourth-order valence-electron chi connectivity index (χ4n) is 0.911. The van der Waals surface area contributed by atoms with Crippen molar-refractivity contribution in [3.8, 4) is 0 Å². The van der Waals surface area contributed by atoms with E-state index in [2.05, 4.69) is 17.9 Å². The molecule has 0 unspecified atom stereocenters. The SMILES string of the molecule is O=C(CS)Nc1ccc(S(=O)(=O)O)cc1.[H-].[K+]. The number of rotatable bonds is 3. The molecule has 16 heavy (non-hydrogen) atoms. The van der Waals surface area contributed by atoms with Crippen molar-refractivity contribution in [1.29, 1.82) is 0 Å². The van der Waals surface area contributed by atoms with Crippen molar-refractivity contribution < 1.29 is 70.6 Å². The van der Waals surface area contributed by atoms with Crippen molar-refractivity contribution >= 4 is 34.3 Å². The van der Waals surface area contributed by atoms with Crippen LogP contribution in [0.4, 0.5) is 5.69 Å². The summed E-state index contributed by atoms with van der Waals surface area (Å²) in [6, 6.07) is 5.15. The van der Waals surface area contributed by atoms with Gasteiger partial charge in [0.1, 0.15) is 0 Å². The zero-order valence-corrected chi connectivity index (χ0v) is 13.4. The van der Waals surface area contributed by atoms with Gasteiger partial charge >= 0.3 is 51.4 Å².